The van der Waals surface area contributed by atoms with E-state index in [-0.39, 0.29) is 0 Å². The Kier molecular flexibility index (Phi) is 5.22. The van der Waals surface area contributed by atoms with Gasteiger partial charge in [0.2, 0.25) is 5.89 Å². The van der Waals surface area contributed by atoms with Gasteiger partial charge in [-0.05, 0) is 37.5 Å². The molecule has 5 heteroatoms. The number of aromatic nitrogens is 2. The summed E-state index contributed by atoms with van der Waals surface area (Å²) in [4.78, 5) is 4.67. The van der Waals surface area contributed by atoms with Gasteiger partial charge in [-0.2, -0.15) is 16.7 Å². The highest BCUT2D eigenvalue weighted by Gasteiger charge is 2.27. The molecule has 21 heavy (non-hydrogen) atoms. The predicted octanol–water partition coefficient (Wildman–Crippen LogP) is 3.25. The summed E-state index contributed by atoms with van der Waals surface area (Å²) in [5.41, 5.74) is 0. The van der Waals surface area contributed by atoms with Crippen LogP contribution in [0.2, 0.25) is 0 Å². The molecule has 1 aliphatic heterocycles. The zero-order chi connectivity index (χ0) is 14.7. The number of nitrogens with one attached hydrogen (secondary N) is 1. The van der Waals surface area contributed by atoms with Gasteiger partial charge in [-0.1, -0.05) is 19.0 Å². The first-order chi connectivity index (χ1) is 10.2. The Morgan fingerprint density at radius 2 is 2.10 bits per heavy atom. The molecule has 1 aliphatic carbocycles. The van der Waals surface area contributed by atoms with E-state index in [0.717, 1.165) is 42.3 Å². The molecule has 0 radical (unpaired) electrons. The van der Waals surface area contributed by atoms with Crippen molar-refractivity contribution in [2.45, 2.75) is 57.9 Å². The number of rotatable bonds is 4. The Hall–Kier alpha value is -0.550. The lowest BCUT2D eigenvalue weighted by atomic mass is 9.77. The SMILES string of the molecule is CC(C)C1CCC(c2noc(CC3CSCCN3)n2)CC1. The molecule has 3 rings (SSSR count). The second-order valence-corrected chi connectivity index (χ2v) is 7.98. The lowest BCUT2D eigenvalue weighted by Gasteiger charge is -2.29. The number of thioether (sulfide) groups is 1. The first kappa shape index (κ1) is 15.3. The van der Waals surface area contributed by atoms with Crippen molar-refractivity contribution in [2.75, 3.05) is 18.1 Å². The molecule has 1 saturated heterocycles. The third-order valence-corrected chi connectivity index (χ3v) is 6.11. The summed E-state index contributed by atoms with van der Waals surface area (Å²) in [6.07, 6.45) is 5.94. The van der Waals surface area contributed by atoms with Gasteiger partial charge in [0, 0.05) is 36.4 Å². The molecule has 1 aromatic heterocycles. The maximum atomic E-state index is 5.48. The zero-order valence-corrected chi connectivity index (χ0v) is 14.0. The van der Waals surface area contributed by atoms with E-state index in [4.69, 9.17) is 4.52 Å². The van der Waals surface area contributed by atoms with Crippen LogP contribution < -0.4 is 5.32 Å². The van der Waals surface area contributed by atoms with E-state index in [1.54, 1.807) is 0 Å². The average Bonchev–Trinajstić information content (AvgIpc) is 2.97. The molecule has 118 valence electrons. The summed E-state index contributed by atoms with van der Waals surface area (Å²) in [6, 6.07) is 0.494. The number of hydrogen-bond donors (Lipinski definition) is 1. The summed E-state index contributed by atoms with van der Waals surface area (Å²) in [6.45, 7) is 5.77. The summed E-state index contributed by atoms with van der Waals surface area (Å²) < 4.78 is 5.48. The molecule has 1 aromatic rings. The van der Waals surface area contributed by atoms with Crippen molar-refractivity contribution in [2.24, 2.45) is 11.8 Å². The minimum atomic E-state index is 0.494. The molecule has 1 N–H and O–H groups in total. The van der Waals surface area contributed by atoms with Gasteiger partial charge in [-0.15, -0.1) is 0 Å². The van der Waals surface area contributed by atoms with Crippen molar-refractivity contribution in [1.82, 2.24) is 15.5 Å². The Labute approximate surface area is 131 Å². The van der Waals surface area contributed by atoms with Gasteiger partial charge < -0.3 is 9.84 Å². The molecule has 1 saturated carbocycles. The van der Waals surface area contributed by atoms with Crippen LogP contribution in [0.25, 0.3) is 0 Å². The third-order valence-electron chi connectivity index (χ3n) is 4.98. The van der Waals surface area contributed by atoms with Crippen LogP contribution in [0.4, 0.5) is 0 Å². The van der Waals surface area contributed by atoms with Crippen LogP contribution in [-0.2, 0) is 6.42 Å². The Bertz CT molecular complexity index is 434. The molecule has 1 atom stereocenters. The second-order valence-electron chi connectivity index (χ2n) is 6.83. The quantitative estimate of drug-likeness (QED) is 0.925. The van der Waals surface area contributed by atoms with Gasteiger partial charge in [-0.25, -0.2) is 0 Å². The van der Waals surface area contributed by atoms with Crippen LogP contribution in [0.1, 0.15) is 57.2 Å². The molecule has 2 aliphatic rings. The van der Waals surface area contributed by atoms with Crippen LogP contribution >= 0.6 is 11.8 Å². The van der Waals surface area contributed by atoms with Gasteiger partial charge >= 0.3 is 0 Å². The van der Waals surface area contributed by atoms with Gasteiger partial charge in [0.15, 0.2) is 5.82 Å². The molecule has 2 fully saturated rings. The lowest BCUT2D eigenvalue weighted by molar-refractivity contribution is 0.251. The topological polar surface area (TPSA) is 51.0 Å². The lowest BCUT2D eigenvalue weighted by Crippen LogP contribution is -2.38. The van der Waals surface area contributed by atoms with Crippen molar-refractivity contribution < 1.29 is 4.52 Å². The van der Waals surface area contributed by atoms with Crippen molar-refractivity contribution in [3.63, 3.8) is 0 Å². The van der Waals surface area contributed by atoms with E-state index in [9.17, 15) is 0 Å². The molecule has 0 spiro atoms. The van der Waals surface area contributed by atoms with E-state index < -0.39 is 0 Å². The van der Waals surface area contributed by atoms with Crippen LogP contribution in [-0.4, -0.2) is 34.2 Å². The number of hydrogen-bond acceptors (Lipinski definition) is 5. The van der Waals surface area contributed by atoms with Gasteiger partial charge in [0.1, 0.15) is 0 Å². The average molecular weight is 309 g/mol. The summed E-state index contributed by atoms with van der Waals surface area (Å²) >= 11 is 2.01. The molecule has 2 heterocycles. The normalized spacial score (nSPS) is 30.7. The maximum absolute atomic E-state index is 5.48. The van der Waals surface area contributed by atoms with E-state index in [1.165, 1.54) is 31.4 Å². The molecule has 4 nitrogen and oxygen atoms in total. The number of nitrogens with zero attached hydrogens (tertiary/aromatic N) is 2. The summed E-state index contributed by atoms with van der Waals surface area (Å²) in [7, 11) is 0. The predicted molar refractivity (Wildman–Crippen MR) is 86.7 cm³/mol. The van der Waals surface area contributed by atoms with Crippen LogP contribution in [0.5, 0.6) is 0 Å². The highest BCUT2D eigenvalue weighted by molar-refractivity contribution is 7.99. The highest BCUT2D eigenvalue weighted by atomic mass is 32.2. The maximum Gasteiger partial charge on any atom is 0.228 e. The minimum absolute atomic E-state index is 0.494. The monoisotopic (exact) mass is 309 g/mol. The first-order valence-electron chi connectivity index (χ1n) is 8.36. The molecule has 0 bridgehead atoms. The van der Waals surface area contributed by atoms with Crippen LogP contribution in [0.3, 0.4) is 0 Å². The minimum Gasteiger partial charge on any atom is -0.339 e. The van der Waals surface area contributed by atoms with Gasteiger partial charge in [-0.3, -0.25) is 0 Å². The fraction of sp³-hybridized carbons (Fsp3) is 0.875. The highest BCUT2D eigenvalue weighted by Crippen LogP contribution is 2.37. The van der Waals surface area contributed by atoms with Crippen molar-refractivity contribution in [3.8, 4) is 0 Å². The molecule has 0 aromatic carbocycles. The fourth-order valence-electron chi connectivity index (χ4n) is 3.52. The molecular weight excluding hydrogens is 282 g/mol. The van der Waals surface area contributed by atoms with Crippen molar-refractivity contribution in [3.05, 3.63) is 11.7 Å². The fourth-order valence-corrected chi connectivity index (χ4v) is 4.47. The third kappa shape index (κ3) is 4.01. The van der Waals surface area contributed by atoms with Gasteiger partial charge in [0.05, 0.1) is 0 Å². The first-order valence-corrected chi connectivity index (χ1v) is 9.51. The van der Waals surface area contributed by atoms with Crippen LogP contribution in [0, 0.1) is 11.8 Å². The van der Waals surface area contributed by atoms with Crippen LogP contribution in [0.15, 0.2) is 4.52 Å². The van der Waals surface area contributed by atoms with E-state index in [2.05, 4.69) is 29.3 Å². The Morgan fingerprint density at radius 1 is 1.29 bits per heavy atom. The van der Waals surface area contributed by atoms with Crippen molar-refractivity contribution >= 4 is 11.8 Å². The van der Waals surface area contributed by atoms with E-state index >= 15 is 0 Å². The molecular formula is C16H27N3OS. The van der Waals surface area contributed by atoms with E-state index in [1.807, 2.05) is 11.8 Å². The largest absolute Gasteiger partial charge is 0.339 e. The molecule has 1 unspecified atom stereocenters. The Balaban J connectivity index is 1.53. The Morgan fingerprint density at radius 3 is 2.76 bits per heavy atom. The van der Waals surface area contributed by atoms with Gasteiger partial charge in [0.25, 0.3) is 0 Å². The summed E-state index contributed by atoms with van der Waals surface area (Å²) in [5, 5.41) is 7.78. The zero-order valence-electron chi connectivity index (χ0n) is 13.2. The van der Waals surface area contributed by atoms with E-state index in [0.29, 0.717) is 12.0 Å². The van der Waals surface area contributed by atoms with Crippen molar-refractivity contribution in [1.29, 1.82) is 0 Å². The summed E-state index contributed by atoms with van der Waals surface area (Å²) in [5.74, 6) is 6.35. The standard InChI is InChI=1S/C16H27N3OS/c1-11(2)12-3-5-13(6-4-12)16-18-15(20-19-16)9-14-10-21-8-7-17-14/h11-14,17H,3-10H2,1-2H3. The molecule has 0 amide bonds. The smallest absolute Gasteiger partial charge is 0.228 e. The second kappa shape index (κ2) is 7.14.